The summed E-state index contributed by atoms with van der Waals surface area (Å²) < 4.78 is 5.39. The number of amides is 1. The van der Waals surface area contributed by atoms with E-state index in [0.29, 0.717) is 5.56 Å². The van der Waals surface area contributed by atoms with Crippen LogP contribution in [0.1, 0.15) is 40.6 Å². The summed E-state index contributed by atoms with van der Waals surface area (Å²) in [6, 6.07) is 4.76. The second-order valence-electron chi connectivity index (χ2n) is 4.66. The van der Waals surface area contributed by atoms with Crippen molar-refractivity contribution in [1.29, 1.82) is 0 Å². The summed E-state index contributed by atoms with van der Waals surface area (Å²) in [6.45, 7) is 0. The van der Waals surface area contributed by atoms with Crippen LogP contribution in [0.25, 0.3) is 0 Å². The number of rotatable bonds is 2. The largest absolute Gasteiger partial charge is 0.469 e. The Labute approximate surface area is 109 Å². The minimum Gasteiger partial charge on any atom is -0.469 e. The van der Waals surface area contributed by atoms with Gasteiger partial charge < -0.3 is 14.7 Å². The summed E-state index contributed by atoms with van der Waals surface area (Å²) in [4.78, 5) is 25.6. The molecular weight excluding hydrogens is 244 g/mol. The molecule has 98 valence electrons. The van der Waals surface area contributed by atoms with E-state index in [1.54, 1.807) is 6.26 Å². The molecule has 1 atom stereocenters. The van der Waals surface area contributed by atoms with Gasteiger partial charge in [-0.25, -0.2) is 0 Å². The second-order valence-corrected chi connectivity index (χ2v) is 4.66. The van der Waals surface area contributed by atoms with Gasteiger partial charge in [0, 0.05) is 24.2 Å². The molecule has 1 aliphatic rings. The molecule has 2 aromatic rings. The molecule has 1 amide bonds. The van der Waals surface area contributed by atoms with Crippen molar-refractivity contribution >= 4 is 5.91 Å². The number of hydrogen-bond donors (Lipinski definition) is 2. The molecule has 19 heavy (non-hydrogen) atoms. The van der Waals surface area contributed by atoms with Gasteiger partial charge in [-0.05, 0) is 25.0 Å². The fourth-order valence-corrected chi connectivity index (χ4v) is 2.43. The van der Waals surface area contributed by atoms with Crippen molar-refractivity contribution in [2.45, 2.75) is 25.3 Å². The zero-order valence-electron chi connectivity index (χ0n) is 10.3. The van der Waals surface area contributed by atoms with Gasteiger partial charge in [-0.1, -0.05) is 0 Å². The number of carbonyl (C=O) groups is 1. The summed E-state index contributed by atoms with van der Waals surface area (Å²) in [5, 5.41) is 2.98. The summed E-state index contributed by atoms with van der Waals surface area (Å²) in [5.74, 6) is 0.772. The number of aromatic amines is 1. The number of furan rings is 1. The molecule has 0 saturated carbocycles. The highest BCUT2D eigenvalue weighted by atomic mass is 16.3. The molecule has 2 N–H and O–H groups in total. The van der Waals surface area contributed by atoms with Gasteiger partial charge in [0.25, 0.3) is 5.91 Å². The van der Waals surface area contributed by atoms with Crippen LogP contribution in [0.3, 0.4) is 0 Å². The van der Waals surface area contributed by atoms with Crippen LogP contribution in [0.15, 0.2) is 39.9 Å². The van der Waals surface area contributed by atoms with Gasteiger partial charge in [0.1, 0.15) is 5.76 Å². The molecule has 2 aromatic heterocycles. The monoisotopic (exact) mass is 258 g/mol. The number of hydrogen-bond acceptors (Lipinski definition) is 3. The Balaban J connectivity index is 1.78. The summed E-state index contributed by atoms with van der Waals surface area (Å²) >= 11 is 0. The first kappa shape index (κ1) is 11.8. The Morgan fingerprint density at radius 2 is 2.26 bits per heavy atom. The molecule has 0 saturated heterocycles. The van der Waals surface area contributed by atoms with Crippen LogP contribution in [-0.2, 0) is 6.42 Å². The van der Waals surface area contributed by atoms with Crippen LogP contribution in [0.4, 0.5) is 0 Å². The summed E-state index contributed by atoms with van der Waals surface area (Å²) in [5.41, 5.74) is 1.30. The minimum atomic E-state index is -0.216. The summed E-state index contributed by atoms with van der Waals surface area (Å²) in [7, 11) is 0. The molecular formula is C14H14N2O3. The maximum Gasteiger partial charge on any atom is 0.253 e. The molecule has 3 rings (SSSR count). The number of nitrogens with one attached hydrogen (secondary N) is 2. The number of H-pyrrole nitrogens is 1. The van der Waals surface area contributed by atoms with E-state index in [0.717, 1.165) is 30.6 Å². The number of carbonyl (C=O) groups excluding carboxylic acids is 1. The van der Waals surface area contributed by atoms with E-state index in [2.05, 4.69) is 10.3 Å². The van der Waals surface area contributed by atoms with Crippen molar-refractivity contribution in [2.24, 2.45) is 0 Å². The first-order valence-electron chi connectivity index (χ1n) is 6.30. The molecule has 0 aliphatic heterocycles. The summed E-state index contributed by atoms with van der Waals surface area (Å²) in [6.07, 6.45) is 5.91. The predicted octanol–water partition coefficient (Wildman–Crippen LogP) is 1.78. The van der Waals surface area contributed by atoms with E-state index in [1.807, 2.05) is 6.07 Å². The van der Waals surface area contributed by atoms with Crippen molar-refractivity contribution in [3.63, 3.8) is 0 Å². The molecule has 0 bridgehead atoms. The van der Waals surface area contributed by atoms with Gasteiger partial charge in [0.15, 0.2) is 0 Å². The van der Waals surface area contributed by atoms with Crippen LogP contribution in [0.5, 0.6) is 0 Å². The number of pyridine rings is 1. The Hall–Kier alpha value is -2.30. The number of fused-ring (bicyclic) bond motifs is 1. The average molecular weight is 258 g/mol. The number of aryl methyl sites for hydroxylation is 1. The van der Waals surface area contributed by atoms with Crippen molar-refractivity contribution < 1.29 is 9.21 Å². The molecule has 0 aromatic carbocycles. The van der Waals surface area contributed by atoms with E-state index < -0.39 is 0 Å². The Morgan fingerprint density at radius 3 is 3.05 bits per heavy atom. The third-order valence-corrected chi connectivity index (χ3v) is 3.40. The zero-order chi connectivity index (χ0) is 13.2. The lowest BCUT2D eigenvalue weighted by Crippen LogP contribution is -2.30. The molecule has 2 heterocycles. The molecule has 1 aliphatic carbocycles. The van der Waals surface area contributed by atoms with E-state index >= 15 is 0 Å². The standard InChI is InChI=1S/C14H14N2O3/c17-13-5-4-9(8-15-13)14(18)16-11-2-1-3-12-10(11)6-7-19-12/h4-8,11H,1-3H2,(H,15,17)(H,16,18)/t11-/m0/s1. The lowest BCUT2D eigenvalue weighted by molar-refractivity contribution is 0.0932. The molecule has 5 heteroatoms. The van der Waals surface area contributed by atoms with E-state index in [-0.39, 0.29) is 17.5 Å². The number of aromatic nitrogens is 1. The fraction of sp³-hybridized carbons (Fsp3) is 0.286. The first-order chi connectivity index (χ1) is 9.24. The third-order valence-electron chi connectivity index (χ3n) is 3.40. The maximum atomic E-state index is 12.1. The highest BCUT2D eigenvalue weighted by molar-refractivity contribution is 5.94. The van der Waals surface area contributed by atoms with Crippen LogP contribution < -0.4 is 10.9 Å². The highest BCUT2D eigenvalue weighted by Gasteiger charge is 2.24. The molecule has 0 fully saturated rings. The Morgan fingerprint density at radius 1 is 1.37 bits per heavy atom. The Bertz CT molecular complexity index is 636. The second kappa shape index (κ2) is 4.76. The Kier molecular flexibility index (Phi) is 2.95. The predicted molar refractivity (Wildman–Crippen MR) is 68.9 cm³/mol. The van der Waals surface area contributed by atoms with Gasteiger partial charge in [0.05, 0.1) is 17.9 Å². The average Bonchev–Trinajstić information content (AvgIpc) is 2.89. The third kappa shape index (κ3) is 2.31. The van der Waals surface area contributed by atoms with Crippen molar-refractivity contribution in [1.82, 2.24) is 10.3 Å². The van der Waals surface area contributed by atoms with E-state index in [4.69, 9.17) is 4.42 Å². The molecule has 0 radical (unpaired) electrons. The van der Waals surface area contributed by atoms with Gasteiger partial charge >= 0.3 is 0 Å². The van der Waals surface area contributed by atoms with Crippen LogP contribution in [0.2, 0.25) is 0 Å². The van der Waals surface area contributed by atoms with Crippen molar-refractivity contribution in [3.05, 3.63) is 57.9 Å². The lowest BCUT2D eigenvalue weighted by Gasteiger charge is -2.22. The quantitative estimate of drug-likeness (QED) is 0.862. The minimum absolute atomic E-state index is 0.0121. The van der Waals surface area contributed by atoms with Gasteiger partial charge in [0.2, 0.25) is 5.56 Å². The van der Waals surface area contributed by atoms with Crippen molar-refractivity contribution in [3.8, 4) is 0 Å². The van der Waals surface area contributed by atoms with Gasteiger partial charge in [-0.3, -0.25) is 9.59 Å². The fourth-order valence-electron chi connectivity index (χ4n) is 2.43. The van der Waals surface area contributed by atoms with Gasteiger partial charge in [-0.2, -0.15) is 0 Å². The van der Waals surface area contributed by atoms with E-state index in [1.165, 1.54) is 18.3 Å². The maximum absolute atomic E-state index is 12.1. The smallest absolute Gasteiger partial charge is 0.253 e. The SMILES string of the molecule is O=C(N[C@H]1CCCc2occc21)c1ccc(=O)[nH]c1. The van der Waals surface area contributed by atoms with Gasteiger partial charge in [-0.15, -0.1) is 0 Å². The normalized spacial score (nSPS) is 17.8. The topological polar surface area (TPSA) is 75.1 Å². The highest BCUT2D eigenvalue weighted by Crippen LogP contribution is 2.30. The molecule has 0 spiro atoms. The van der Waals surface area contributed by atoms with Crippen LogP contribution in [0, 0.1) is 0 Å². The molecule has 5 nitrogen and oxygen atoms in total. The zero-order valence-corrected chi connectivity index (χ0v) is 10.3. The van der Waals surface area contributed by atoms with E-state index in [9.17, 15) is 9.59 Å². The lowest BCUT2D eigenvalue weighted by atomic mass is 9.93. The van der Waals surface area contributed by atoms with Crippen LogP contribution >= 0.6 is 0 Å². The first-order valence-corrected chi connectivity index (χ1v) is 6.30. The van der Waals surface area contributed by atoms with Crippen LogP contribution in [-0.4, -0.2) is 10.9 Å². The van der Waals surface area contributed by atoms with Crippen molar-refractivity contribution in [2.75, 3.05) is 0 Å². The molecule has 0 unspecified atom stereocenters.